The first-order valence-electron chi connectivity index (χ1n) is 7.68. The van der Waals surface area contributed by atoms with Crippen molar-refractivity contribution in [3.05, 3.63) is 51.1 Å². The number of aromatic carboxylic acids is 1. The molecule has 24 heavy (non-hydrogen) atoms. The van der Waals surface area contributed by atoms with Crippen LogP contribution in [0.4, 0.5) is 0 Å². The summed E-state index contributed by atoms with van der Waals surface area (Å²) in [4.78, 5) is 17.0. The molecule has 0 saturated carbocycles. The highest BCUT2D eigenvalue weighted by atomic mass is 79.9. The molecule has 3 heterocycles. The number of carbonyl (C=O) groups is 1. The number of benzene rings is 1. The number of hydrogen-bond acceptors (Lipinski definition) is 4. The molecule has 7 heteroatoms. The Morgan fingerprint density at radius 1 is 1.42 bits per heavy atom. The van der Waals surface area contributed by atoms with Crippen LogP contribution >= 0.6 is 27.3 Å². The second-order valence-electron chi connectivity index (χ2n) is 5.83. The fourth-order valence-corrected chi connectivity index (χ4v) is 3.98. The van der Waals surface area contributed by atoms with E-state index in [2.05, 4.69) is 32.6 Å². The van der Waals surface area contributed by atoms with Crippen LogP contribution in [0.2, 0.25) is 0 Å². The van der Waals surface area contributed by atoms with E-state index < -0.39 is 5.97 Å². The van der Waals surface area contributed by atoms with Crippen LogP contribution in [-0.2, 0) is 17.7 Å². The van der Waals surface area contributed by atoms with Gasteiger partial charge in [-0.1, -0.05) is 28.1 Å². The van der Waals surface area contributed by atoms with Crippen LogP contribution in [0, 0.1) is 0 Å². The van der Waals surface area contributed by atoms with E-state index >= 15 is 0 Å². The molecule has 0 unspecified atom stereocenters. The third kappa shape index (κ3) is 2.99. The topological polar surface area (TPSA) is 64.3 Å². The van der Waals surface area contributed by atoms with Gasteiger partial charge in [0.25, 0.3) is 0 Å². The molecular formula is C17H15BrN2O3S. The van der Waals surface area contributed by atoms with Crippen molar-refractivity contribution in [1.29, 1.82) is 0 Å². The molecule has 1 fully saturated rings. The van der Waals surface area contributed by atoms with E-state index in [1.54, 1.807) is 6.07 Å². The summed E-state index contributed by atoms with van der Waals surface area (Å²) in [7, 11) is 0. The van der Waals surface area contributed by atoms with Crippen LogP contribution in [0.15, 0.2) is 34.8 Å². The van der Waals surface area contributed by atoms with Crippen molar-refractivity contribution < 1.29 is 14.6 Å². The third-order valence-corrected chi connectivity index (χ3v) is 5.73. The summed E-state index contributed by atoms with van der Waals surface area (Å²) in [5, 5.41) is 9.21. The molecular weight excluding hydrogens is 392 g/mol. The van der Waals surface area contributed by atoms with Gasteiger partial charge in [-0.3, -0.25) is 0 Å². The van der Waals surface area contributed by atoms with E-state index in [0.29, 0.717) is 11.3 Å². The van der Waals surface area contributed by atoms with E-state index in [4.69, 9.17) is 9.72 Å². The van der Waals surface area contributed by atoms with Gasteiger partial charge in [0.2, 0.25) is 0 Å². The van der Waals surface area contributed by atoms with Crippen LogP contribution < -0.4 is 0 Å². The second-order valence-corrected chi connectivity index (χ2v) is 7.78. The SMILES string of the molecule is O=C(O)c1cc2c(nc(Cc3ccc(Br)cc3)n2C[C@@H]2CCO2)s1. The summed E-state index contributed by atoms with van der Waals surface area (Å²) in [6, 6.07) is 9.89. The number of halogens is 1. The quantitative estimate of drug-likeness (QED) is 0.696. The molecule has 124 valence electrons. The predicted octanol–water partition coefficient (Wildman–Crippen LogP) is 3.94. The number of ether oxygens (including phenoxy) is 1. The lowest BCUT2D eigenvalue weighted by atomic mass is 10.1. The standard InChI is InChI=1S/C17H15BrN2O3S/c18-11-3-1-10(2-4-11)7-15-19-16-13(8-14(24-16)17(21)22)20(15)9-12-5-6-23-12/h1-4,8,12H,5-7,9H2,(H,21,22)/t12-/m0/s1. The summed E-state index contributed by atoms with van der Waals surface area (Å²) in [6.07, 6.45) is 1.94. The number of carboxylic acids is 1. The Morgan fingerprint density at radius 3 is 2.79 bits per heavy atom. The molecule has 0 bridgehead atoms. The number of rotatable bonds is 5. The van der Waals surface area contributed by atoms with Gasteiger partial charge in [-0.05, 0) is 30.2 Å². The predicted molar refractivity (Wildman–Crippen MR) is 95.9 cm³/mol. The zero-order valence-electron chi connectivity index (χ0n) is 12.7. The fourth-order valence-electron chi connectivity index (χ4n) is 2.82. The summed E-state index contributed by atoms with van der Waals surface area (Å²) in [5.74, 6) is 0.0462. The molecule has 1 saturated heterocycles. The van der Waals surface area contributed by atoms with Crippen molar-refractivity contribution in [3.8, 4) is 0 Å². The second kappa shape index (κ2) is 6.31. The normalized spacial score (nSPS) is 17.1. The summed E-state index contributed by atoms with van der Waals surface area (Å²) >= 11 is 4.67. The smallest absolute Gasteiger partial charge is 0.346 e. The highest BCUT2D eigenvalue weighted by Crippen LogP contribution is 2.29. The van der Waals surface area contributed by atoms with Crippen LogP contribution in [0.1, 0.15) is 27.5 Å². The molecule has 4 rings (SSSR count). The Labute approximate surface area is 151 Å². The minimum atomic E-state index is -0.904. The average Bonchev–Trinajstić information content (AvgIpc) is 3.04. The zero-order valence-corrected chi connectivity index (χ0v) is 15.1. The molecule has 1 aromatic carbocycles. The first-order valence-corrected chi connectivity index (χ1v) is 9.29. The molecule has 1 N–H and O–H groups in total. The zero-order chi connectivity index (χ0) is 16.7. The van der Waals surface area contributed by atoms with Crippen molar-refractivity contribution in [2.45, 2.75) is 25.5 Å². The number of aromatic nitrogens is 2. The van der Waals surface area contributed by atoms with Gasteiger partial charge in [0.05, 0.1) is 18.2 Å². The number of nitrogens with zero attached hydrogens (tertiary/aromatic N) is 2. The van der Waals surface area contributed by atoms with Gasteiger partial charge in [0.1, 0.15) is 15.5 Å². The number of fused-ring (bicyclic) bond motifs is 1. The number of thiophene rings is 1. The Balaban J connectivity index is 1.72. The summed E-state index contributed by atoms with van der Waals surface area (Å²) in [5.41, 5.74) is 2.06. The van der Waals surface area contributed by atoms with Gasteiger partial charge >= 0.3 is 5.97 Å². The van der Waals surface area contributed by atoms with E-state index in [-0.39, 0.29) is 6.10 Å². The van der Waals surface area contributed by atoms with Crippen LogP contribution in [0.5, 0.6) is 0 Å². The Hall–Kier alpha value is -1.70. The Bertz CT molecular complexity index is 897. The van der Waals surface area contributed by atoms with Crippen molar-refractivity contribution in [3.63, 3.8) is 0 Å². The molecule has 1 aliphatic rings. The largest absolute Gasteiger partial charge is 0.477 e. The van der Waals surface area contributed by atoms with Crippen LogP contribution in [0.25, 0.3) is 10.3 Å². The summed E-state index contributed by atoms with van der Waals surface area (Å²) in [6.45, 7) is 1.52. The van der Waals surface area contributed by atoms with E-state index in [1.165, 1.54) is 16.9 Å². The molecule has 0 amide bonds. The monoisotopic (exact) mass is 406 g/mol. The van der Waals surface area contributed by atoms with Gasteiger partial charge in [-0.2, -0.15) is 0 Å². The molecule has 5 nitrogen and oxygen atoms in total. The maximum absolute atomic E-state index is 11.2. The molecule has 2 aromatic heterocycles. The van der Waals surface area contributed by atoms with Crippen LogP contribution in [0.3, 0.4) is 0 Å². The molecule has 0 spiro atoms. The molecule has 1 aliphatic heterocycles. The lowest BCUT2D eigenvalue weighted by Crippen LogP contribution is -2.31. The van der Waals surface area contributed by atoms with Gasteiger partial charge in [0, 0.05) is 17.5 Å². The maximum Gasteiger partial charge on any atom is 0.346 e. The number of hydrogen-bond donors (Lipinski definition) is 1. The van der Waals surface area contributed by atoms with Gasteiger partial charge in [-0.25, -0.2) is 9.78 Å². The first-order chi connectivity index (χ1) is 11.6. The fraction of sp³-hybridized carbons (Fsp3) is 0.294. The minimum Gasteiger partial charge on any atom is -0.477 e. The highest BCUT2D eigenvalue weighted by molar-refractivity contribution is 9.10. The first kappa shape index (κ1) is 15.8. The Kier molecular flexibility index (Phi) is 4.15. The van der Waals surface area contributed by atoms with Crippen LogP contribution in [-0.4, -0.2) is 33.3 Å². The number of imidazole rings is 1. The van der Waals surface area contributed by atoms with Crippen molar-refractivity contribution in [2.75, 3.05) is 6.61 Å². The molecule has 0 radical (unpaired) electrons. The van der Waals surface area contributed by atoms with Crippen molar-refractivity contribution in [2.24, 2.45) is 0 Å². The Morgan fingerprint density at radius 2 is 2.17 bits per heavy atom. The minimum absolute atomic E-state index is 0.194. The van der Waals surface area contributed by atoms with E-state index in [1.807, 2.05) is 12.1 Å². The van der Waals surface area contributed by atoms with Crippen molar-refractivity contribution in [1.82, 2.24) is 9.55 Å². The summed E-state index contributed by atoms with van der Waals surface area (Å²) < 4.78 is 8.72. The molecule has 1 atom stereocenters. The average molecular weight is 407 g/mol. The van der Waals surface area contributed by atoms with Gasteiger partial charge in [-0.15, -0.1) is 11.3 Å². The number of carboxylic acid groups (broad SMARTS) is 1. The third-order valence-electron chi connectivity index (χ3n) is 4.19. The van der Waals surface area contributed by atoms with Crippen molar-refractivity contribution >= 4 is 43.6 Å². The lowest BCUT2D eigenvalue weighted by molar-refractivity contribution is -0.0589. The highest BCUT2D eigenvalue weighted by Gasteiger charge is 2.23. The molecule has 0 aliphatic carbocycles. The molecule has 3 aromatic rings. The maximum atomic E-state index is 11.2. The van der Waals surface area contributed by atoms with Gasteiger partial charge in [0.15, 0.2) is 0 Å². The van der Waals surface area contributed by atoms with E-state index in [9.17, 15) is 9.90 Å². The van der Waals surface area contributed by atoms with Gasteiger partial charge < -0.3 is 14.4 Å². The lowest BCUT2D eigenvalue weighted by Gasteiger charge is -2.27. The van der Waals surface area contributed by atoms with E-state index in [0.717, 1.165) is 40.2 Å².